The SMILES string of the molecule is O=C(Nc1ccc2c(c1)OCCO2)c1cc(C2CC2)nn1-c1ccccc1. The Morgan fingerprint density at radius 1 is 1.00 bits per heavy atom. The fourth-order valence-corrected chi connectivity index (χ4v) is 3.22. The van der Waals surface area contributed by atoms with Gasteiger partial charge in [0, 0.05) is 17.7 Å². The van der Waals surface area contributed by atoms with E-state index in [0.29, 0.717) is 42.0 Å². The number of carbonyl (C=O) groups is 1. The Bertz CT molecular complexity index is 993. The van der Waals surface area contributed by atoms with Gasteiger partial charge in [-0.2, -0.15) is 5.10 Å². The Morgan fingerprint density at radius 3 is 2.56 bits per heavy atom. The third-order valence-corrected chi connectivity index (χ3v) is 4.76. The van der Waals surface area contributed by atoms with Crippen LogP contribution in [-0.4, -0.2) is 28.9 Å². The summed E-state index contributed by atoms with van der Waals surface area (Å²) in [7, 11) is 0. The van der Waals surface area contributed by atoms with Crippen LogP contribution >= 0.6 is 0 Å². The molecule has 0 bridgehead atoms. The van der Waals surface area contributed by atoms with Crippen LogP contribution in [0.1, 0.15) is 34.9 Å². The summed E-state index contributed by atoms with van der Waals surface area (Å²) >= 11 is 0. The van der Waals surface area contributed by atoms with Crippen LogP contribution < -0.4 is 14.8 Å². The minimum absolute atomic E-state index is 0.199. The Labute approximate surface area is 156 Å². The van der Waals surface area contributed by atoms with E-state index in [9.17, 15) is 4.79 Å². The summed E-state index contributed by atoms with van der Waals surface area (Å²) in [6, 6.07) is 17.0. The van der Waals surface area contributed by atoms with E-state index < -0.39 is 0 Å². The maximum Gasteiger partial charge on any atom is 0.274 e. The first-order valence-corrected chi connectivity index (χ1v) is 9.14. The van der Waals surface area contributed by atoms with Gasteiger partial charge in [0.2, 0.25) is 0 Å². The Balaban J connectivity index is 1.46. The smallest absolute Gasteiger partial charge is 0.274 e. The van der Waals surface area contributed by atoms with Crippen molar-refractivity contribution in [1.82, 2.24) is 9.78 Å². The molecule has 1 amide bonds. The number of carbonyl (C=O) groups excluding carboxylic acids is 1. The molecule has 1 N–H and O–H groups in total. The molecule has 1 aliphatic carbocycles. The molecule has 6 nitrogen and oxygen atoms in total. The quantitative estimate of drug-likeness (QED) is 0.768. The number of fused-ring (bicyclic) bond motifs is 1. The second kappa shape index (κ2) is 6.46. The van der Waals surface area contributed by atoms with E-state index >= 15 is 0 Å². The largest absolute Gasteiger partial charge is 0.486 e. The predicted molar refractivity (Wildman–Crippen MR) is 101 cm³/mol. The van der Waals surface area contributed by atoms with Gasteiger partial charge in [0.05, 0.1) is 11.4 Å². The molecule has 0 spiro atoms. The molecule has 6 heteroatoms. The summed E-state index contributed by atoms with van der Waals surface area (Å²) in [6.07, 6.45) is 2.27. The van der Waals surface area contributed by atoms with E-state index in [1.54, 1.807) is 10.7 Å². The molecule has 1 aliphatic heterocycles. The maximum atomic E-state index is 13.0. The molecule has 27 heavy (non-hydrogen) atoms. The van der Waals surface area contributed by atoms with E-state index in [1.165, 1.54) is 0 Å². The molecule has 0 radical (unpaired) electrons. The molecule has 1 aromatic heterocycles. The second-order valence-electron chi connectivity index (χ2n) is 6.79. The van der Waals surface area contributed by atoms with E-state index in [4.69, 9.17) is 9.47 Å². The number of nitrogens with one attached hydrogen (secondary N) is 1. The minimum Gasteiger partial charge on any atom is -0.486 e. The number of hydrogen-bond donors (Lipinski definition) is 1. The zero-order chi connectivity index (χ0) is 18.2. The number of rotatable bonds is 4. The van der Waals surface area contributed by atoms with E-state index in [2.05, 4.69) is 10.4 Å². The average molecular weight is 361 g/mol. The highest BCUT2D eigenvalue weighted by molar-refractivity contribution is 6.03. The van der Waals surface area contributed by atoms with Gasteiger partial charge in [-0.15, -0.1) is 0 Å². The van der Waals surface area contributed by atoms with Gasteiger partial charge in [-0.3, -0.25) is 4.79 Å². The summed E-state index contributed by atoms with van der Waals surface area (Å²) in [5.41, 5.74) is 3.04. The first-order valence-electron chi connectivity index (χ1n) is 9.14. The highest BCUT2D eigenvalue weighted by atomic mass is 16.6. The molecule has 2 heterocycles. The van der Waals surface area contributed by atoms with Crippen LogP contribution in [0.3, 0.4) is 0 Å². The molecule has 0 unspecified atom stereocenters. The van der Waals surface area contributed by atoms with Crippen molar-refractivity contribution < 1.29 is 14.3 Å². The summed E-state index contributed by atoms with van der Waals surface area (Å²) < 4.78 is 12.8. The monoisotopic (exact) mass is 361 g/mol. The van der Waals surface area contributed by atoms with Gasteiger partial charge >= 0.3 is 0 Å². The lowest BCUT2D eigenvalue weighted by Gasteiger charge is -2.19. The number of para-hydroxylation sites is 1. The highest BCUT2D eigenvalue weighted by Crippen LogP contribution is 2.40. The van der Waals surface area contributed by atoms with Gasteiger partial charge in [-0.25, -0.2) is 4.68 Å². The zero-order valence-electron chi connectivity index (χ0n) is 14.7. The first kappa shape index (κ1) is 15.9. The fraction of sp³-hybridized carbons (Fsp3) is 0.238. The number of hydrogen-bond acceptors (Lipinski definition) is 4. The lowest BCUT2D eigenvalue weighted by Crippen LogP contribution is -2.18. The van der Waals surface area contributed by atoms with Crippen LogP contribution in [0.15, 0.2) is 54.6 Å². The zero-order valence-corrected chi connectivity index (χ0v) is 14.7. The number of ether oxygens (including phenoxy) is 2. The molecule has 0 atom stereocenters. The van der Waals surface area contributed by atoms with Crippen molar-refractivity contribution in [3.8, 4) is 17.2 Å². The third kappa shape index (κ3) is 3.14. The van der Waals surface area contributed by atoms with Crippen LogP contribution in [-0.2, 0) is 0 Å². The van der Waals surface area contributed by atoms with Crippen molar-refractivity contribution >= 4 is 11.6 Å². The van der Waals surface area contributed by atoms with Crippen molar-refractivity contribution in [2.24, 2.45) is 0 Å². The third-order valence-electron chi connectivity index (χ3n) is 4.76. The number of aromatic nitrogens is 2. The summed E-state index contributed by atoms with van der Waals surface area (Å²) in [4.78, 5) is 13.0. The topological polar surface area (TPSA) is 65.4 Å². The van der Waals surface area contributed by atoms with Crippen molar-refractivity contribution in [2.75, 3.05) is 18.5 Å². The van der Waals surface area contributed by atoms with Crippen LogP contribution in [0.4, 0.5) is 5.69 Å². The van der Waals surface area contributed by atoms with E-state index in [0.717, 1.165) is 24.2 Å². The first-order chi connectivity index (χ1) is 13.3. The van der Waals surface area contributed by atoms with Gasteiger partial charge in [0.1, 0.15) is 18.9 Å². The molecule has 1 saturated carbocycles. The lowest BCUT2D eigenvalue weighted by atomic mass is 10.2. The van der Waals surface area contributed by atoms with E-state index in [-0.39, 0.29) is 5.91 Å². The van der Waals surface area contributed by atoms with Gasteiger partial charge in [-0.05, 0) is 43.2 Å². The number of nitrogens with zero attached hydrogens (tertiary/aromatic N) is 2. The molecule has 3 aromatic rings. The van der Waals surface area contributed by atoms with Crippen molar-refractivity contribution in [3.63, 3.8) is 0 Å². The number of amides is 1. The lowest BCUT2D eigenvalue weighted by molar-refractivity contribution is 0.101. The summed E-state index contributed by atoms with van der Waals surface area (Å²) in [5, 5.41) is 7.64. The number of benzene rings is 2. The van der Waals surface area contributed by atoms with Crippen molar-refractivity contribution in [3.05, 3.63) is 66.0 Å². The number of anilines is 1. The van der Waals surface area contributed by atoms with Gasteiger partial charge in [0.25, 0.3) is 5.91 Å². The molecule has 5 rings (SSSR count). The van der Waals surface area contributed by atoms with Gasteiger partial charge in [-0.1, -0.05) is 18.2 Å². The second-order valence-corrected chi connectivity index (χ2v) is 6.79. The summed E-state index contributed by atoms with van der Waals surface area (Å²) in [5.74, 6) is 1.62. The maximum absolute atomic E-state index is 13.0. The fourth-order valence-electron chi connectivity index (χ4n) is 3.22. The molecule has 0 saturated heterocycles. The van der Waals surface area contributed by atoms with Gasteiger partial charge in [0.15, 0.2) is 11.5 Å². The van der Waals surface area contributed by atoms with E-state index in [1.807, 2.05) is 48.5 Å². The standard InChI is InChI=1S/C21H19N3O3/c25-21(22-15-8-9-19-20(12-15)27-11-10-26-19)18-13-17(14-6-7-14)23-24(18)16-4-2-1-3-5-16/h1-5,8-9,12-14H,6-7,10-11H2,(H,22,25). The summed E-state index contributed by atoms with van der Waals surface area (Å²) in [6.45, 7) is 1.05. The molecule has 2 aromatic carbocycles. The van der Waals surface area contributed by atoms with Crippen LogP contribution in [0.25, 0.3) is 5.69 Å². The molecule has 136 valence electrons. The molecular weight excluding hydrogens is 342 g/mol. The van der Waals surface area contributed by atoms with Crippen LogP contribution in [0.2, 0.25) is 0 Å². The molecule has 1 fully saturated rings. The molecular formula is C21H19N3O3. The Kier molecular flexibility index (Phi) is 3.81. The van der Waals surface area contributed by atoms with Crippen LogP contribution in [0, 0.1) is 0 Å². The van der Waals surface area contributed by atoms with Crippen molar-refractivity contribution in [1.29, 1.82) is 0 Å². The van der Waals surface area contributed by atoms with Crippen LogP contribution in [0.5, 0.6) is 11.5 Å². The van der Waals surface area contributed by atoms with Gasteiger partial charge < -0.3 is 14.8 Å². The predicted octanol–water partition coefficient (Wildman–Crippen LogP) is 3.77. The average Bonchev–Trinajstić information content (AvgIpc) is 3.47. The Hall–Kier alpha value is -3.28. The normalized spacial score (nSPS) is 15.4. The highest BCUT2D eigenvalue weighted by Gasteiger charge is 2.29. The Morgan fingerprint density at radius 2 is 1.78 bits per heavy atom. The van der Waals surface area contributed by atoms with Crippen molar-refractivity contribution in [2.45, 2.75) is 18.8 Å². The molecule has 2 aliphatic rings. The minimum atomic E-state index is -0.199.